The molecule has 0 spiro atoms. The van der Waals surface area contributed by atoms with E-state index in [9.17, 15) is 14.9 Å². The van der Waals surface area contributed by atoms with Crippen LogP contribution in [0.25, 0.3) is 0 Å². The number of nitriles is 1. The molecule has 0 saturated heterocycles. The molecule has 6 heteroatoms. The van der Waals surface area contributed by atoms with Gasteiger partial charge in [0.1, 0.15) is 5.54 Å². The molecule has 0 aromatic heterocycles. The number of hydrogen-bond donors (Lipinski definition) is 2. The maximum atomic E-state index is 12.0. The van der Waals surface area contributed by atoms with Gasteiger partial charge in [-0.2, -0.15) is 5.26 Å². The lowest BCUT2D eigenvalue weighted by molar-refractivity contribution is -0.120. The second-order valence-electron chi connectivity index (χ2n) is 5.63. The monoisotopic (exact) mass is 317 g/mol. The number of amides is 2. The highest BCUT2D eigenvalue weighted by Gasteiger charge is 2.42. The fourth-order valence-corrected chi connectivity index (χ4v) is 2.89. The van der Waals surface area contributed by atoms with Gasteiger partial charge in [-0.3, -0.25) is 9.59 Å². The summed E-state index contributed by atoms with van der Waals surface area (Å²) in [4.78, 5) is 23.9. The molecule has 1 saturated carbocycles. The summed E-state index contributed by atoms with van der Waals surface area (Å²) < 4.78 is 0. The fourth-order valence-electron chi connectivity index (χ4n) is 2.19. The van der Waals surface area contributed by atoms with Crippen LogP contribution in [0.1, 0.15) is 26.7 Å². The smallest absolute Gasteiger partial charge is 0.231 e. The molecule has 1 aliphatic carbocycles. The normalized spacial score (nSPS) is 16.2. The third kappa shape index (κ3) is 4.50. The van der Waals surface area contributed by atoms with Crippen LogP contribution in [0.2, 0.25) is 0 Å². The molecule has 0 radical (unpaired) electrons. The van der Waals surface area contributed by atoms with Crippen molar-refractivity contribution < 1.29 is 9.59 Å². The van der Waals surface area contributed by atoms with Crippen molar-refractivity contribution in [3.63, 3.8) is 0 Å². The van der Waals surface area contributed by atoms with Crippen LogP contribution in [0.15, 0.2) is 29.2 Å². The summed E-state index contributed by atoms with van der Waals surface area (Å²) in [5.74, 6) is 0.301. The van der Waals surface area contributed by atoms with Crippen LogP contribution < -0.4 is 10.6 Å². The van der Waals surface area contributed by atoms with Gasteiger partial charge in [0.05, 0.1) is 11.8 Å². The number of benzene rings is 1. The van der Waals surface area contributed by atoms with Crippen LogP contribution in [-0.4, -0.2) is 23.1 Å². The Morgan fingerprint density at radius 1 is 1.36 bits per heavy atom. The number of carbonyl (C=O) groups excluding carboxylic acids is 2. The van der Waals surface area contributed by atoms with Gasteiger partial charge < -0.3 is 10.6 Å². The molecule has 5 nitrogen and oxygen atoms in total. The van der Waals surface area contributed by atoms with Crippen molar-refractivity contribution in [2.24, 2.45) is 5.92 Å². The molecule has 2 rings (SSSR count). The van der Waals surface area contributed by atoms with E-state index in [2.05, 4.69) is 16.7 Å². The third-order valence-electron chi connectivity index (χ3n) is 3.57. The van der Waals surface area contributed by atoms with E-state index in [4.69, 9.17) is 0 Å². The molecule has 0 heterocycles. The zero-order valence-corrected chi connectivity index (χ0v) is 13.5. The standard InChI is InChI=1S/C16H19N3O2S/c1-11(20)18-13-5-7-14(8-6-13)22-9-15(21)19-16(2,10-17)12-3-4-12/h5-8,12H,3-4,9H2,1-2H3,(H,18,20)(H,19,21)/t16-/m1/s1. The Labute approximate surface area is 134 Å². The Hall–Kier alpha value is -2.00. The van der Waals surface area contributed by atoms with E-state index in [1.54, 1.807) is 19.1 Å². The number of anilines is 1. The predicted molar refractivity (Wildman–Crippen MR) is 86.4 cm³/mol. The molecular formula is C16H19N3O2S. The Kier molecular flexibility index (Phi) is 5.09. The minimum atomic E-state index is -0.743. The second kappa shape index (κ2) is 6.84. The summed E-state index contributed by atoms with van der Waals surface area (Å²) in [5, 5.41) is 14.8. The highest BCUT2D eigenvalue weighted by Crippen LogP contribution is 2.39. The third-order valence-corrected chi connectivity index (χ3v) is 4.58. The molecule has 1 fully saturated rings. The molecule has 1 aliphatic rings. The average molecular weight is 317 g/mol. The minimum Gasteiger partial charge on any atom is -0.337 e. The quantitative estimate of drug-likeness (QED) is 0.790. The van der Waals surface area contributed by atoms with Crippen molar-refractivity contribution >= 4 is 29.3 Å². The highest BCUT2D eigenvalue weighted by molar-refractivity contribution is 8.00. The molecule has 1 aromatic carbocycles. The Bertz CT molecular complexity index is 605. The molecule has 0 aliphatic heterocycles. The summed E-state index contributed by atoms with van der Waals surface area (Å²) in [6, 6.07) is 9.52. The fraction of sp³-hybridized carbons (Fsp3) is 0.438. The molecular weight excluding hydrogens is 298 g/mol. The van der Waals surface area contributed by atoms with E-state index in [0.29, 0.717) is 0 Å². The molecule has 2 N–H and O–H groups in total. The van der Waals surface area contributed by atoms with Gasteiger partial charge in [0, 0.05) is 17.5 Å². The second-order valence-corrected chi connectivity index (χ2v) is 6.68. The molecule has 22 heavy (non-hydrogen) atoms. The molecule has 0 unspecified atom stereocenters. The SMILES string of the molecule is CC(=O)Nc1ccc(SCC(=O)N[C@](C)(C#N)C2CC2)cc1. The minimum absolute atomic E-state index is 0.115. The first-order chi connectivity index (χ1) is 10.4. The van der Waals surface area contributed by atoms with Gasteiger partial charge in [-0.1, -0.05) is 0 Å². The van der Waals surface area contributed by atoms with Gasteiger partial charge in [-0.05, 0) is 49.9 Å². The lowest BCUT2D eigenvalue weighted by Gasteiger charge is -2.22. The van der Waals surface area contributed by atoms with E-state index in [1.165, 1.54) is 18.7 Å². The summed E-state index contributed by atoms with van der Waals surface area (Å²) in [6.45, 7) is 3.24. The van der Waals surface area contributed by atoms with Gasteiger partial charge in [-0.25, -0.2) is 0 Å². The van der Waals surface area contributed by atoms with Crippen LogP contribution >= 0.6 is 11.8 Å². The predicted octanol–water partition coefficient (Wildman–Crippen LogP) is 2.55. The molecule has 116 valence electrons. The summed E-state index contributed by atoms with van der Waals surface area (Å²) in [5.41, 5.74) is -0.0144. The largest absolute Gasteiger partial charge is 0.337 e. The highest BCUT2D eigenvalue weighted by atomic mass is 32.2. The first kappa shape index (κ1) is 16.4. The van der Waals surface area contributed by atoms with E-state index < -0.39 is 5.54 Å². The van der Waals surface area contributed by atoms with Crippen LogP contribution in [0.5, 0.6) is 0 Å². The van der Waals surface area contributed by atoms with Crippen LogP contribution in [0, 0.1) is 17.2 Å². The van der Waals surface area contributed by atoms with Gasteiger partial charge in [0.25, 0.3) is 0 Å². The van der Waals surface area contributed by atoms with E-state index >= 15 is 0 Å². The van der Waals surface area contributed by atoms with Crippen molar-refractivity contribution in [1.82, 2.24) is 5.32 Å². The number of rotatable bonds is 6. The van der Waals surface area contributed by atoms with Crippen molar-refractivity contribution in [1.29, 1.82) is 5.26 Å². The molecule has 1 aromatic rings. The first-order valence-electron chi connectivity index (χ1n) is 7.15. The van der Waals surface area contributed by atoms with Crippen LogP contribution in [0.4, 0.5) is 5.69 Å². The van der Waals surface area contributed by atoms with Gasteiger partial charge in [0.15, 0.2) is 0 Å². The van der Waals surface area contributed by atoms with Crippen molar-refractivity contribution in [2.45, 2.75) is 37.1 Å². The number of thioether (sulfide) groups is 1. The lowest BCUT2D eigenvalue weighted by Crippen LogP contribution is -2.47. The van der Waals surface area contributed by atoms with Crippen LogP contribution in [-0.2, 0) is 9.59 Å². The zero-order valence-electron chi connectivity index (χ0n) is 12.7. The summed E-state index contributed by atoms with van der Waals surface area (Å²) in [7, 11) is 0. The van der Waals surface area contributed by atoms with E-state index in [1.807, 2.05) is 12.1 Å². The maximum absolute atomic E-state index is 12.0. The maximum Gasteiger partial charge on any atom is 0.231 e. The van der Waals surface area contributed by atoms with Gasteiger partial charge in [0.2, 0.25) is 11.8 Å². The van der Waals surface area contributed by atoms with Crippen molar-refractivity contribution in [3.05, 3.63) is 24.3 Å². The number of nitrogens with one attached hydrogen (secondary N) is 2. The van der Waals surface area contributed by atoms with Crippen molar-refractivity contribution in [2.75, 3.05) is 11.1 Å². The number of nitrogens with zero attached hydrogens (tertiary/aromatic N) is 1. The molecule has 2 amide bonds. The molecule has 1 atom stereocenters. The van der Waals surface area contributed by atoms with Gasteiger partial charge >= 0.3 is 0 Å². The summed E-state index contributed by atoms with van der Waals surface area (Å²) in [6.07, 6.45) is 2.00. The average Bonchev–Trinajstić information content (AvgIpc) is 3.31. The first-order valence-corrected chi connectivity index (χ1v) is 8.14. The van der Waals surface area contributed by atoms with Gasteiger partial charge in [-0.15, -0.1) is 11.8 Å². The van der Waals surface area contributed by atoms with Crippen LogP contribution in [0.3, 0.4) is 0 Å². The number of hydrogen-bond acceptors (Lipinski definition) is 4. The Morgan fingerprint density at radius 3 is 2.50 bits per heavy atom. The lowest BCUT2D eigenvalue weighted by atomic mass is 9.98. The topological polar surface area (TPSA) is 82.0 Å². The Balaban J connectivity index is 1.83. The van der Waals surface area contributed by atoms with Crippen molar-refractivity contribution in [3.8, 4) is 6.07 Å². The summed E-state index contributed by atoms with van der Waals surface area (Å²) >= 11 is 1.41. The molecule has 0 bridgehead atoms. The van der Waals surface area contributed by atoms with E-state index in [0.717, 1.165) is 23.4 Å². The number of carbonyl (C=O) groups is 2. The van der Waals surface area contributed by atoms with E-state index in [-0.39, 0.29) is 23.5 Å². The Morgan fingerprint density at radius 2 is 2.00 bits per heavy atom. The zero-order chi connectivity index (χ0) is 16.2.